The second-order valence-corrected chi connectivity index (χ2v) is 5.70. The van der Waals surface area contributed by atoms with Crippen LogP contribution < -0.4 is 0 Å². The molecule has 0 radical (unpaired) electrons. The molecule has 0 aliphatic rings. The minimum absolute atomic E-state index is 0.0807. The molecule has 0 aliphatic carbocycles. The molecule has 0 aliphatic heterocycles. The zero-order valence-corrected chi connectivity index (χ0v) is 11.5. The van der Waals surface area contributed by atoms with Crippen LogP contribution >= 0.6 is 0 Å². The number of rotatable bonds is 3. The average Bonchev–Trinajstić information content (AvgIpc) is 2.72. The lowest BCUT2D eigenvalue weighted by molar-refractivity contribution is 0.319. The maximum atomic E-state index is 4.55. The Bertz CT molecular complexity index is 521. The fourth-order valence-electron chi connectivity index (χ4n) is 2.03. The van der Waals surface area contributed by atoms with Gasteiger partial charge in [-0.2, -0.15) is 5.10 Å². The first-order valence-electron chi connectivity index (χ1n) is 6.44. The Morgan fingerprint density at radius 3 is 2.59 bits per heavy atom. The van der Waals surface area contributed by atoms with E-state index in [-0.39, 0.29) is 5.54 Å². The molecule has 0 N–H and O–H groups in total. The molecule has 1 aromatic carbocycles. The molecule has 1 aromatic heterocycles. The van der Waals surface area contributed by atoms with E-state index in [0.717, 1.165) is 6.42 Å². The van der Waals surface area contributed by atoms with Gasteiger partial charge in [0, 0.05) is 5.39 Å². The highest BCUT2D eigenvalue weighted by atomic mass is 15.3. The maximum absolute atomic E-state index is 4.55. The predicted molar refractivity (Wildman–Crippen MR) is 73.4 cm³/mol. The highest BCUT2D eigenvalue weighted by molar-refractivity contribution is 5.79. The van der Waals surface area contributed by atoms with E-state index in [2.05, 4.69) is 62.6 Å². The van der Waals surface area contributed by atoms with E-state index >= 15 is 0 Å². The summed E-state index contributed by atoms with van der Waals surface area (Å²) in [6.45, 7) is 11.1. The van der Waals surface area contributed by atoms with Crippen LogP contribution in [-0.4, -0.2) is 9.78 Å². The third-order valence-electron chi connectivity index (χ3n) is 3.70. The topological polar surface area (TPSA) is 17.8 Å². The van der Waals surface area contributed by atoms with Gasteiger partial charge in [-0.1, -0.05) is 32.9 Å². The van der Waals surface area contributed by atoms with Crippen molar-refractivity contribution in [3.63, 3.8) is 0 Å². The molecule has 0 bridgehead atoms. The molecular weight excluding hydrogens is 208 g/mol. The third-order valence-corrected chi connectivity index (χ3v) is 3.70. The maximum Gasteiger partial charge on any atom is 0.0691 e. The molecule has 2 nitrogen and oxygen atoms in total. The van der Waals surface area contributed by atoms with E-state index in [0.29, 0.717) is 5.92 Å². The molecule has 0 fully saturated rings. The van der Waals surface area contributed by atoms with Crippen LogP contribution in [-0.2, 0) is 5.54 Å². The van der Waals surface area contributed by atoms with Crippen molar-refractivity contribution in [2.75, 3.05) is 0 Å². The van der Waals surface area contributed by atoms with Crippen LogP contribution in [0, 0.1) is 0 Å². The fraction of sp³-hybridized carbons (Fsp3) is 0.533. The highest BCUT2D eigenvalue weighted by Crippen LogP contribution is 2.27. The third kappa shape index (κ3) is 2.08. The van der Waals surface area contributed by atoms with Crippen LogP contribution in [0.25, 0.3) is 10.9 Å². The smallest absolute Gasteiger partial charge is 0.0691 e. The molecule has 1 heterocycles. The number of fused-ring (bicyclic) bond motifs is 1. The zero-order valence-electron chi connectivity index (χ0n) is 11.5. The van der Waals surface area contributed by atoms with Gasteiger partial charge in [-0.25, -0.2) is 0 Å². The number of hydrogen-bond acceptors (Lipinski definition) is 1. The lowest BCUT2D eigenvalue weighted by atomic mass is 10.00. The number of nitrogens with zero attached hydrogens (tertiary/aromatic N) is 2. The van der Waals surface area contributed by atoms with E-state index in [9.17, 15) is 0 Å². The largest absolute Gasteiger partial charge is 0.259 e. The van der Waals surface area contributed by atoms with Crippen LogP contribution in [0.4, 0.5) is 0 Å². The Balaban J connectivity index is 2.62. The molecule has 92 valence electrons. The van der Waals surface area contributed by atoms with Crippen LogP contribution in [0.1, 0.15) is 52.5 Å². The fourth-order valence-corrected chi connectivity index (χ4v) is 2.03. The normalized spacial score (nSPS) is 12.6. The quantitative estimate of drug-likeness (QED) is 0.768. The summed E-state index contributed by atoms with van der Waals surface area (Å²) in [6.07, 6.45) is 3.05. The summed E-state index contributed by atoms with van der Waals surface area (Å²) in [5.41, 5.74) is 2.71. The van der Waals surface area contributed by atoms with Crippen molar-refractivity contribution in [3.05, 3.63) is 30.0 Å². The monoisotopic (exact) mass is 230 g/mol. The van der Waals surface area contributed by atoms with Crippen LogP contribution in [0.3, 0.4) is 0 Å². The molecule has 0 saturated heterocycles. The van der Waals surface area contributed by atoms with Gasteiger partial charge in [0.15, 0.2) is 0 Å². The Kier molecular flexibility index (Phi) is 2.98. The Morgan fingerprint density at radius 2 is 2.00 bits per heavy atom. The van der Waals surface area contributed by atoms with Gasteiger partial charge >= 0.3 is 0 Å². The number of hydrogen-bond donors (Lipinski definition) is 0. The van der Waals surface area contributed by atoms with Gasteiger partial charge in [-0.05, 0) is 37.8 Å². The summed E-state index contributed by atoms with van der Waals surface area (Å²) in [5, 5.41) is 5.79. The summed E-state index contributed by atoms with van der Waals surface area (Å²) in [4.78, 5) is 0. The molecule has 0 saturated carbocycles. The summed E-state index contributed by atoms with van der Waals surface area (Å²) < 4.78 is 2.16. The molecule has 17 heavy (non-hydrogen) atoms. The minimum atomic E-state index is 0.0807. The van der Waals surface area contributed by atoms with E-state index in [1.54, 1.807) is 0 Å². The molecule has 2 aromatic rings. The first kappa shape index (κ1) is 12.2. The molecule has 2 rings (SSSR count). The molecule has 0 amide bonds. The van der Waals surface area contributed by atoms with Crippen molar-refractivity contribution in [3.8, 4) is 0 Å². The van der Waals surface area contributed by atoms with Gasteiger partial charge < -0.3 is 0 Å². The van der Waals surface area contributed by atoms with E-state index < -0.39 is 0 Å². The Morgan fingerprint density at radius 1 is 1.29 bits per heavy atom. The molecule has 0 atom stereocenters. The Hall–Kier alpha value is -1.31. The summed E-state index contributed by atoms with van der Waals surface area (Å²) in [7, 11) is 0. The van der Waals surface area contributed by atoms with Gasteiger partial charge in [0.25, 0.3) is 0 Å². The summed E-state index contributed by atoms with van der Waals surface area (Å²) in [5.74, 6) is 0.562. The zero-order chi connectivity index (χ0) is 12.6. The lowest BCUT2D eigenvalue weighted by Crippen LogP contribution is -2.26. The average molecular weight is 230 g/mol. The van der Waals surface area contributed by atoms with Crippen molar-refractivity contribution in [1.82, 2.24) is 9.78 Å². The lowest BCUT2D eigenvalue weighted by Gasteiger charge is -2.24. The number of aromatic nitrogens is 2. The van der Waals surface area contributed by atoms with Crippen LogP contribution in [0.15, 0.2) is 24.4 Å². The van der Waals surface area contributed by atoms with Crippen molar-refractivity contribution in [1.29, 1.82) is 0 Å². The van der Waals surface area contributed by atoms with Gasteiger partial charge in [-0.15, -0.1) is 0 Å². The van der Waals surface area contributed by atoms with Gasteiger partial charge in [-0.3, -0.25) is 4.68 Å². The van der Waals surface area contributed by atoms with Crippen molar-refractivity contribution >= 4 is 10.9 Å². The molecule has 2 heteroatoms. The number of benzene rings is 1. The molecule has 0 spiro atoms. The van der Waals surface area contributed by atoms with Crippen molar-refractivity contribution in [2.45, 2.75) is 52.5 Å². The van der Waals surface area contributed by atoms with E-state index in [1.807, 2.05) is 6.20 Å². The van der Waals surface area contributed by atoms with Gasteiger partial charge in [0.2, 0.25) is 0 Å². The molecule has 0 unspecified atom stereocenters. The first-order valence-corrected chi connectivity index (χ1v) is 6.44. The SMILES string of the molecule is CCC(C)(C)n1ncc2ccc(C(C)C)cc21. The van der Waals surface area contributed by atoms with Crippen molar-refractivity contribution < 1.29 is 0 Å². The minimum Gasteiger partial charge on any atom is -0.259 e. The standard InChI is InChI=1S/C15H22N2/c1-6-15(4,5)17-14-9-12(11(2)3)7-8-13(14)10-16-17/h7-11H,6H2,1-5H3. The highest BCUT2D eigenvalue weighted by Gasteiger charge is 2.20. The summed E-state index contributed by atoms with van der Waals surface area (Å²) >= 11 is 0. The predicted octanol–water partition coefficient (Wildman–Crippen LogP) is 4.30. The second-order valence-electron chi connectivity index (χ2n) is 5.70. The van der Waals surface area contributed by atoms with E-state index in [1.165, 1.54) is 16.5 Å². The van der Waals surface area contributed by atoms with Crippen LogP contribution in [0.2, 0.25) is 0 Å². The first-order chi connectivity index (χ1) is 7.95. The Labute approximate surface area is 104 Å². The van der Waals surface area contributed by atoms with E-state index in [4.69, 9.17) is 0 Å². The van der Waals surface area contributed by atoms with Gasteiger partial charge in [0.1, 0.15) is 0 Å². The summed E-state index contributed by atoms with van der Waals surface area (Å²) in [6, 6.07) is 6.67. The second kappa shape index (κ2) is 4.17. The van der Waals surface area contributed by atoms with Gasteiger partial charge in [0.05, 0.1) is 17.3 Å². The molecular formula is C15H22N2. The van der Waals surface area contributed by atoms with Crippen LogP contribution in [0.5, 0.6) is 0 Å². The van der Waals surface area contributed by atoms with Crippen molar-refractivity contribution in [2.24, 2.45) is 0 Å².